The zero-order valence-electron chi connectivity index (χ0n) is 11.7. The van der Waals surface area contributed by atoms with E-state index in [-0.39, 0.29) is 5.69 Å². The first kappa shape index (κ1) is 15.1. The van der Waals surface area contributed by atoms with Gasteiger partial charge in [0.15, 0.2) is 0 Å². The van der Waals surface area contributed by atoms with E-state index in [9.17, 15) is 12.8 Å². The summed E-state index contributed by atoms with van der Waals surface area (Å²) in [6.07, 6.45) is 3.17. The van der Waals surface area contributed by atoms with Crippen molar-refractivity contribution >= 4 is 21.4 Å². The van der Waals surface area contributed by atoms with Crippen LogP contribution in [0.25, 0.3) is 0 Å². The Hall–Kier alpha value is -1.34. The van der Waals surface area contributed by atoms with E-state index in [1.54, 1.807) is 6.07 Å². The number of anilines is 2. The van der Waals surface area contributed by atoms with Crippen LogP contribution in [0.2, 0.25) is 0 Å². The van der Waals surface area contributed by atoms with Crippen molar-refractivity contribution in [2.45, 2.75) is 18.9 Å². The minimum absolute atomic E-state index is 0.0262. The van der Waals surface area contributed by atoms with Gasteiger partial charge in [0.05, 0.1) is 11.9 Å². The Morgan fingerprint density at radius 2 is 2.15 bits per heavy atom. The summed E-state index contributed by atoms with van der Waals surface area (Å²) in [5, 5.41) is 3.32. The number of likely N-dealkylation sites (N-methyl/N-ethyl adjacent to an activating group) is 1. The van der Waals surface area contributed by atoms with E-state index in [4.69, 9.17) is 0 Å². The summed E-state index contributed by atoms with van der Waals surface area (Å²) >= 11 is 0. The second kappa shape index (κ2) is 5.97. The van der Waals surface area contributed by atoms with Crippen molar-refractivity contribution in [1.82, 2.24) is 4.90 Å². The molecule has 0 aliphatic carbocycles. The normalized spacial score (nSPS) is 20.6. The van der Waals surface area contributed by atoms with Crippen LogP contribution < -0.4 is 10.0 Å². The Morgan fingerprint density at radius 3 is 2.80 bits per heavy atom. The van der Waals surface area contributed by atoms with Crippen molar-refractivity contribution < 1.29 is 12.8 Å². The molecule has 1 atom stereocenters. The van der Waals surface area contributed by atoms with Gasteiger partial charge in [-0.05, 0) is 44.6 Å². The monoisotopic (exact) mass is 301 g/mol. The summed E-state index contributed by atoms with van der Waals surface area (Å²) in [4.78, 5) is 2.24. The Balaban J connectivity index is 2.10. The van der Waals surface area contributed by atoms with Crippen LogP contribution in [0.15, 0.2) is 18.2 Å². The molecule has 1 saturated heterocycles. The van der Waals surface area contributed by atoms with E-state index in [1.807, 2.05) is 0 Å². The van der Waals surface area contributed by atoms with Gasteiger partial charge in [-0.3, -0.25) is 4.72 Å². The lowest BCUT2D eigenvalue weighted by Crippen LogP contribution is -2.39. The molecule has 1 aromatic carbocycles. The van der Waals surface area contributed by atoms with Gasteiger partial charge in [0.1, 0.15) is 5.82 Å². The van der Waals surface area contributed by atoms with Gasteiger partial charge in [0, 0.05) is 18.3 Å². The van der Waals surface area contributed by atoms with Crippen LogP contribution in [0.3, 0.4) is 0 Å². The van der Waals surface area contributed by atoms with Crippen LogP contribution in [0.4, 0.5) is 15.8 Å². The number of rotatable bonds is 4. The second-order valence-corrected chi connectivity index (χ2v) is 7.06. The minimum atomic E-state index is -3.48. The molecule has 1 heterocycles. The number of likely N-dealkylation sites (tertiary alicyclic amines) is 1. The smallest absolute Gasteiger partial charge is 0.229 e. The Morgan fingerprint density at radius 1 is 1.40 bits per heavy atom. The van der Waals surface area contributed by atoms with E-state index < -0.39 is 15.8 Å². The summed E-state index contributed by atoms with van der Waals surface area (Å²) in [5.41, 5.74) is 0.694. The average Bonchev–Trinajstić information content (AvgIpc) is 2.32. The summed E-state index contributed by atoms with van der Waals surface area (Å²) in [6, 6.07) is 4.68. The van der Waals surface area contributed by atoms with Gasteiger partial charge in [-0.1, -0.05) is 0 Å². The Labute approximate surface area is 119 Å². The lowest BCUT2D eigenvalue weighted by atomic mass is 10.1. The molecular formula is C13H20FN3O2S. The van der Waals surface area contributed by atoms with Crippen LogP contribution in [-0.2, 0) is 10.0 Å². The number of benzene rings is 1. The van der Waals surface area contributed by atoms with Gasteiger partial charge in [-0.25, -0.2) is 12.8 Å². The van der Waals surface area contributed by atoms with Gasteiger partial charge in [-0.15, -0.1) is 0 Å². The minimum Gasteiger partial charge on any atom is -0.381 e. The summed E-state index contributed by atoms with van der Waals surface area (Å²) in [7, 11) is -1.42. The highest BCUT2D eigenvalue weighted by atomic mass is 32.2. The van der Waals surface area contributed by atoms with Crippen LogP contribution in [0, 0.1) is 5.82 Å². The van der Waals surface area contributed by atoms with Gasteiger partial charge < -0.3 is 10.2 Å². The standard InChI is InChI=1S/C13H20FN3O2S/c1-17-7-3-4-11(9-17)15-10-5-6-12(14)13(8-10)16-20(2,18)19/h5-6,8,11,15-16H,3-4,7,9H2,1-2H3. The molecule has 2 N–H and O–H groups in total. The molecule has 0 saturated carbocycles. The van der Waals surface area contributed by atoms with E-state index in [0.717, 1.165) is 37.9 Å². The Bertz CT molecular complexity index is 577. The lowest BCUT2D eigenvalue weighted by Gasteiger charge is -2.31. The number of halogens is 1. The molecule has 0 spiro atoms. The van der Waals surface area contributed by atoms with E-state index in [0.29, 0.717) is 6.04 Å². The number of sulfonamides is 1. The van der Waals surface area contributed by atoms with Gasteiger partial charge in [0.2, 0.25) is 10.0 Å². The maximum atomic E-state index is 13.6. The molecule has 112 valence electrons. The third kappa shape index (κ3) is 4.35. The molecule has 1 aliphatic rings. The fraction of sp³-hybridized carbons (Fsp3) is 0.538. The van der Waals surface area contributed by atoms with Gasteiger partial charge in [0.25, 0.3) is 0 Å². The topological polar surface area (TPSA) is 61.4 Å². The van der Waals surface area contributed by atoms with Crippen LogP contribution in [-0.4, -0.2) is 45.8 Å². The van der Waals surface area contributed by atoms with Gasteiger partial charge >= 0.3 is 0 Å². The van der Waals surface area contributed by atoms with Gasteiger partial charge in [-0.2, -0.15) is 0 Å². The zero-order chi connectivity index (χ0) is 14.8. The maximum Gasteiger partial charge on any atom is 0.229 e. The molecule has 7 heteroatoms. The molecule has 0 radical (unpaired) electrons. The molecule has 2 rings (SSSR count). The number of nitrogens with one attached hydrogen (secondary N) is 2. The highest BCUT2D eigenvalue weighted by Gasteiger charge is 2.17. The van der Waals surface area contributed by atoms with Crippen molar-refractivity contribution in [1.29, 1.82) is 0 Å². The lowest BCUT2D eigenvalue weighted by molar-refractivity contribution is 0.261. The number of hydrogen-bond donors (Lipinski definition) is 2. The molecular weight excluding hydrogens is 281 g/mol. The second-order valence-electron chi connectivity index (χ2n) is 5.31. The maximum absolute atomic E-state index is 13.6. The predicted octanol–water partition coefficient (Wildman–Crippen LogP) is 1.70. The van der Waals surface area contributed by atoms with Crippen LogP contribution >= 0.6 is 0 Å². The highest BCUT2D eigenvalue weighted by molar-refractivity contribution is 7.92. The van der Waals surface area contributed by atoms with E-state index in [2.05, 4.69) is 22.0 Å². The molecule has 1 unspecified atom stereocenters. The molecule has 0 aromatic heterocycles. The van der Waals surface area contributed by atoms with Crippen molar-refractivity contribution in [3.63, 3.8) is 0 Å². The first-order chi connectivity index (χ1) is 9.33. The van der Waals surface area contributed by atoms with Crippen molar-refractivity contribution in [2.24, 2.45) is 0 Å². The summed E-state index contributed by atoms with van der Waals surface area (Å²) in [5.74, 6) is -0.582. The quantitative estimate of drug-likeness (QED) is 0.888. The van der Waals surface area contributed by atoms with Crippen molar-refractivity contribution in [3.05, 3.63) is 24.0 Å². The molecule has 5 nitrogen and oxygen atoms in total. The largest absolute Gasteiger partial charge is 0.381 e. The zero-order valence-corrected chi connectivity index (χ0v) is 12.5. The Kier molecular flexibility index (Phi) is 4.49. The molecule has 0 bridgehead atoms. The van der Waals surface area contributed by atoms with Crippen molar-refractivity contribution in [2.75, 3.05) is 36.4 Å². The average molecular weight is 301 g/mol. The fourth-order valence-corrected chi connectivity index (χ4v) is 2.97. The van der Waals surface area contributed by atoms with E-state index >= 15 is 0 Å². The van der Waals surface area contributed by atoms with E-state index in [1.165, 1.54) is 12.1 Å². The molecule has 1 aromatic rings. The SMILES string of the molecule is CN1CCCC(Nc2ccc(F)c(NS(C)(=O)=O)c2)C1. The number of piperidine rings is 1. The third-order valence-corrected chi connectivity index (χ3v) is 3.85. The molecule has 1 aliphatic heterocycles. The number of hydrogen-bond acceptors (Lipinski definition) is 4. The predicted molar refractivity (Wildman–Crippen MR) is 79.0 cm³/mol. The summed E-state index contributed by atoms with van der Waals surface area (Å²) in [6.45, 7) is 2.01. The molecule has 0 amide bonds. The first-order valence-electron chi connectivity index (χ1n) is 6.56. The number of nitrogens with zero attached hydrogens (tertiary/aromatic N) is 1. The molecule has 1 fully saturated rings. The third-order valence-electron chi connectivity index (χ3n) is 3.26. The fourth-order valence-electron chi connectivity index (χ4n) is 2.41. The van der Waals surface area contributed by atoms with Crippen LogP contribution in [0.1, 0.15) is 12.8 Å². The van der Waals surface area contributed by atoms with Crippen molar-refractivity contribution in [3.8, 4) is 0 Å². The first-order valence-corrected chi connectivity index (χ1v) is 8.45. The summed E-state index contributed by atoms with van der Waals surface area (Å²) < 4.78 is 38.1. The highest BCUT2D eigenvalue weighted by Crippen LogP contribution is 2.22. The molecule has 20 heavy (non-hydrogen) atoms. The van der Waals surface area contributed by atoms with Crippen LogP contribution in [0.5, 0.6) is 0 Å².